The Balaban J connectivity index is 0.000000375. The average Bonchev–Trinajstić information content (AvgIpc) is 3.60. The van der Waals surface area contributed by atoms with Crippen LogP contribution in [0.4, 0.5) is 4.79 Å². The first-order valence-electron chi connectivity index (χ1n) is 14.2. The zero-order valence-electron chi connectivity index (χ0n) is 25.1. The second-order valence-electron chi connectivity index (χ2n) is 9.54. The van der Waals surface area contributed by atoms with E-state index in [1.807, 2.05) is 56.3 Å². The van der Waals surface area contributed by atoms with Gasteiger partial charge >= 0.3 is 6.09 Å². The van der Waals surface area contributed by atoms with E-state index in [2.05, 4.69) is 47.3 Å². The fourth-order valence-electron chi connectivity index (χ4n) is 3.86. The Kier molecular flexibility index (Phi) is 20.0. The van der Waals surface area contributed by atoms with Gasteiger partial charge in [-0.05, 0) is 61.9 Å². The molecule has 226 valence electrons. The summed E-state index contributed by atoms with van der Waals surface area (Å²) in [6.07, 6.45) is 1.88. The van der Waals surface area contributed by atoms with Crippen molar-refractivity contribution in [1.82, 2.24) is 9.62 Å². The molecule has 2 heterocycles. The van der Waals surface area contributed by atoms with Crippen molar-refractivity contribution in [2.75, 3.05) is 53.4 Å². The summed E-state index contributed by atoms with van der Waals surface area (Å²) in [6, 6.07) is 18.2. The van der Waals surface area contributed by atoms with E-state index in [1.165, 1.54) is 12.0 Å². The third-order valence-electron chi connectivity index (χ3n) is 5.81. The molecule has 2 atom stereocenters. The van der Waals surface area contributed by atoms with E-state index in [-0.39, 0.29) is 0 Å². The highest BCUT2D eigenvalue weighted by atomic mass is 32.2. The number of amides is 1. The molecule has 0 saturated carbocycles. The van der Waals surface area contributed by atoms with Crippen LogP contribution in [0.5, 0.6) is 5.75 Å². The Hall–Kier alpha value is -2.30. The highest BCUT2D eigenvalue weighted by molar-refractivity contribution is 7.97. The third-order valence-corrected chi connectivity index (χ3v) is 6.89. The highest BCUT2D eigenvalue weighted by Gasteiger charge is 2.33. The summed E-state index contributed by atoms with van der Waals surface area (Å²) in [5.74, 6) is 2.12. The van der Waals surface area contributed by atoms with Crippen molar-refractivity contribution in [3.63, 3.8) is 0 Å². The van der Waals surface area contributed by atoms with Gasteiger partial charge in [-0.25, -0.2) is 9.10 Å². The molecule has 1 amide bonds. The zero-order valence-corrected chi connectivity index (χ0v) is 26.0. The average molecular weight is 579 g/mol. The van der Waals surface area contributed by atoms with E-state index in [1.54, 1.807) is 19.1 Å². The summed E-state index contributed by atoms with van der Waals surface area (Å²) in [6.45, 7) is 14.9. The van der Waals surface area contributed by atoms with E-state index in [0.717, 1.165) is 55.9 Å². The molecule has 2 aromatic rings. The van der Waals surface area contributed by atoms with Crippen LogP contribution < -0.4 is 10.1 Å². The van der Waals surface area contributed by atoms with E-state index in [4.69, 9.17) is 19.3 Å². The number of nitrogens with zero attached hydrogens (tertiary/aromatic N) is 1. The number of nitrogens with one attached hydrogen (secondary N) is 1. The van der Waals surface area contributed by atoms with Crippen LogP contribution in [0.3, 0.4) is 0 Å². The lowest BCUT2D eigenvalue weighted by atomic mass is 10.1. The molecule has 0 spiro atoms. The Morgan fingerprint density at radius 3 is 2.38 bits per heavy atom. The van der Waals surface area contributed by atoms with Crippen molar-refractivity contribution in [3.8, 4) is 5.75 Å². The maximum atomic E-state index is 11.1. The summed E-state index contributed by atoms with van der Waals surface area (Å²) >= 11 is 1.70. The van der Waals surface area contributed by atoms with E-state index < -0.39 is 12.9 Å². The number of hydrogen-bond donors (Lipinski definition) is 2. The number of methoxy groups -OCH3 is 1. The van der Waals surface area contributed by atoms with Gasteiger partial charge < -0.3 is 29.4 Å². The van der Waals surface area contributed by atoms with Crippen LogP contribution in [0.1, 0.15) is 46.1 Å². The molecule has 2 N–H and O–H groups in total. The molecule has 2 aromatic carbocycles. The molecule has 0 bridgehead atoms. The van der Waals surface area contributed by atoms with Gasteiger partial charge in [0.15, 0.2) is 6.79 Å². The smallest absolute Gasteiger partial charge is 0.409 e. The van der Waals surface area contributed by atoms with Gasteiger partial charge in [0, 0.05) is 37.1 Å². The molecule has 2 unspecified atom stereocenters. The Bertz CT molecular complexity index is 865. The fraction of sp³-hybridized carbons (Fsp3) is 0.581. The van der Waals surface area contributed by atoms with Crippen LogP contribution in [0.2, 0.25) is 0 Å². The third kappa shape index (κ3) is 16.1. The molecular formula is C31H50N2O6S. The topological polar surface area (TPSA) is 89.5 Å². The van der Waals surface area contributed by atoms with E-state index in [0.29, 0.717) is 18.6 Å². The molecule has 9 heteroatoms. The fourth-order valence-corrected chi connectivity index (χ4v) is 5.01. The van der Waals surface area contributed by atoms with Gasteiger partial charge in [-0.3, -0.25) is 0 Å². The minimum Gasteiger partial charge on any atom is -0.497 e. The summed E-state index contributed by atoms with van der Waals surface area (Å²) in [5, 5.41) is 11.1. The number of carbonyl (C=O) groups excluding carboxylic acids is 1. The first-order valence-corrected chi connectivity index (χ1v) is 15.0. The first-order chi connectivity index (χ1) is 19.4. The maximum Gasteiger partial charge on any atom is 0.409 e. The molecule has 2 aliphatic rings. The molecule has 4 rings (SSSR count). The van der Waals surface area contributed by atoms with Gasteiger partial charge in [0.25, 0.3) is 0 Å². The largest absolute Gasteiger partial charge is 0.497 e. The number of carbonyl (C=O) groups is 1. The lowest BCUT2D eigenvalue weighted by Gasteiger charge is -2.23. The number of fused-ring (bicyclic) bond motifs is 1. The molecule has 0 aliphatic carbocycles. The van der Waals surface area contributed by atoms with Crippen LogP contribution in [-0.2, 0) is 14.2 Å². The predicted molar refractivity (Wildman–Crippen MR) is 163 cm³/mol. The normalized spacial score (nSPS) is 16.9. The lowest BCUT2D eigenvalue weighted by molar-refractivity contribution is 0.0443. The first kappa shape index (κ1) is 35.7. The number of aryl methyl sites for hydroxylation is 1. The number of rotatable bonds is 10. The molecule has 2 fully saturated rings. The molecule has 8 nitrogen and oxygen atoms in total. The quantitative estimate of drug-likeness (QED) is 0.197. The minimum absolute atomic E-state index is 0.454. The summed E-state index contributed by atoms with van der Waals surface area (Å²) in [5.41, 5.74) is 1.32. The summed E-state index contributed by atoms with van der Waals surface area (Å²) in [4.78, 5) is 12.2. The second-order valence-corrected chi connectivity index (χ2v) is 10.7. The number of hydrogen-bond acceptors (Lipinski definition) is 8. The number of ether oxygens (including phenoxy) is 4. The highest BCUT2D eigenvalue weighted by Crippen LogP contribution is 2.26. The molecule has 2 saturated heterocycles. The minimum atomic E-state index is -0.599. The standard InChI is InChI=1S/C16H26N2O4S.C7H8.C6H10O2.C2H6/c1-13(2)11-18(10-4-9-17-16(20)22-12-19)23-15-7-5-14(21-3)6-8-15;1-7-5-3-2-4-6-7;1-2-8-6-4-7-3-5(1)6;1-2/h5-8,13,19H,4,9-12H2,1-3H3,(H,17,20);2-6H,1H3;5-6H,1-4H2;1-2H3. The van der Waals surface area contributed by atoms with Gasteiger partial charge in [0.2, 0.25) is 0 Å². The van der Waals surface area contributed by atoms with Crippen molar-refractivity contribution in [3.05, 3.63) is 60.2 Å². The van der Waals surface area contributed by atoms with E-state index in [9.17, 15) is 4.79 Å². The number of aliphatic hydroxyl groups is 1. The van der Waals surface area contributed by atoms with Gasteiger partial charge in [0.1, 0.15) is 5.75 Å². The lowest BCUT2D eigenvalue weighted by Crippen LogP contribution is -2.29. The van der Waals surface area contributed by atoms with Crippen LogP contribution in [0.25, 0.3) is 0 Å². The van der Waals surface area contributed by atoms with Gasteiger partial charge in [0.05, 0.1) is 26.4 Å². The van der Waals surface area contributed by atoms with Crippen LogP contribution in [0.15, 0.2) is 59.5 Å². The monoisotopic (exact) mass is 578 g/mol. The number of aliphatic hydroxyl groups excluding tert-OH is 1. The number of benzene rings is 2. The van der Waals surface area contributed by atoms with Gasteiger partial charge in [-0.2, -0.15) is 0 Å². The van der Waals surface area contributed by atoms with E-state index >= 15 is 0 Å². The molecule has 2 aliphatic heterocycles. The van der Waals surface area contributed by atoms with Crippen molar-refractivity contribution in [2.24, 2.45) is 11.8 Å². The number of alkyl carbamates (subject to hydrolysis) is 1. The molecule has 0 aromatic heterocycles. The summed E-state index contributed by atoms with van der Waals surface area (Å²) in [7, 11) is 1.65. The van der Waals surface area contributed by atoms with Crippen molar-refractivity contribution in [2.45, 2.75) is 58.5 Å². The Labute approximate surface area is 245 Å². The van der Waals surface area contributed by atoms with Gasteiger partial charge in [-0.15, -0.1) is 0 Å². The maximum absolute atomic E-state index is 11.1. The predicted octanol–water partition coefficient (Wildman–Crippen LogP) is 6.17. The molecule has 0 radical (unpaired) electrons. The van der Waals surface area contributed by atoms with Crippen molar-refractivity contribution < 1.29 is 28.8 Å². The van der Waals surface area contributed by atoms with Crippen LogP contribution in [0, 0.1) is 18.8 Å². The second kappa shape index (κ2) is 22.4. The summed E-state index contributed by atoms with van der Waals surface area (Å²) < 4.78 is 22.4. The molecular weight excluding hydrogens is 528 g/mol. The van der Waals surface area contributed by atoms with Gasteiger partial charge in [-0.1, -0.05) is 63.6 Å². The van der Waals surface area contributed by atoms with Crippen LogP contribution in [-0.4, -0.2) is 75.0 Å². The molecule has 40 heavy (non-hydrogen) atoms. The van der Waals surface area contributed by atoms with Crippen LogP contribution >= 0.6 is 11.9 Å². The Morgan fingerprint density at radius 1 is 1.12 bits per heavy atom. The zero-order chi connectivity index (χ0) is 29.6. The van der Waals surface area contributed by atoms with Crippen molar-refractivity contribution in [1.29, 1.82) is 0 Å². The van der Waals surface area contributed by atoms with Crippen molar-refractivity contribution >= 4 is 18.0 Å². The Morgan fingerprint density at radius 2 is 1.82 bits per heavy atom. The SMILES string of the molecule is C1CC2COCC2O1.CC.COc1ccc(SN(CCCNC(=O)OCO)CC(C)C)cc1.Cc1ccccc1.